The van der Waals surface area contributed by atoms with E-state index in [0.717, 1.165) is 28.1 Å². The predicted molar refractivity (Wildman–Crippen MR) is 129 cm³/mol. The highest BCUT2D eigenvalue weighted by Crippen LogP contribution is 2.25. The molecule has 1 amide bonds. The lowest BCUT2D eigenvalue weighted by atomic mass is 10.1. The van der Waals surface area contributed by atoms with Crippen LogP contribution in [0.2, 0.25) is 0 Å². The third-order valence-electron chi connectivity index (χ3n) is 5.20. The number of amides is 1. The standard InChI is InChI=1S/C26H29N3O5/c1-6-13-33-20-10-8-19(9-11-20)22-15-21(28-29(22)5)24(30)27-16-18-7-12-23(17(2)14-18)34-26(3,4)25(31)32/h6-12,14-15H,1,13,16H2,2-5H3,(H,27,30)(H,31,32). The predicted octanol–water partition coefficient (Wildman–Crippen LogP) is 4.13. The van der Waals surface area contributed by atoms with Gasteiger partial charge < -0.3 is 19.9 Å². The second-order valence-electron chi connectivity index (χ2n) is 8.36. The molecule has 8 nitrogen and oxygen atoms in total. The van der Waals surface area contributed by atoms with Crippen molar-refractivity contribution in [1.29, 1.82) is 0 Å². The molecule has 1 heterocycles. The third-order valence-corrected chi connectivity index (χ3v) is 5.20. The zero-order valence-electron chi connectivity index (χ0n) is 19.8. The van der Waals surface area contributed by atoms with E-state index in [4.69, 9.17) is 9.47 Å². The molecule has 0 aliphatic heterocycles. The van der Waals surface area contributed by atoms with Gasteiger partial charge in [0.25, 0.3) is 5.91 Å². The Morgan fingerprint density at radius 1 is 1.18 bits per heavy atom. The highest BCUT2D eigenvalue weighted by atomic mass is 16.5. The third kappa shape index (κ3) is 5.83. The first-order valence-electron chi connectivity index (χ1n) is 10.8. The quantitative estimate of drug-likeness (QED) is 0.438. The minimum atomic E-state index is -1.34. The molecule has 0 atom stereocenters. The van der Waals surface area contributed by atoms with Gasteiger partial charge in [0.05, 0.1) is 5.69 Å². The summed E-state index contributed by atoms with van der Waals surface area (Å²) in [5.74, 6) is -0.118. The van der Waals surface area contributed by atoms with Crippen molar-refractivity contribution in [3.63, 3.8) is 0 Å². The first kappa shape index (κ1) is 24.6. The van der Waals surface area contributed by atoms with Gasteiger partial charge in [-0.1, -0.05) is 24.8 Å². The van der Waals surface area contributed by atoms with Gasteiger partial charge >= 0.3 is 5.97 Å². The van der Waals surface area contributed by atoms with Gasteiger partial charge in [-0.15, -0.1) is 0 Å². The summed E-state index contributed by atoms with van der Waals surface area (Å²) in [5.41, 5.74) is 2.33. The number of carbonyl (C=O) groups excluding carboxylic acids is 1. The number of aryl methyl sites for hydroxylation is 2. The Bertz CT molecular complexity index is 1200. The number of benzene rings is 2. The van der Waals surface area contributed by atoms with E-state index in [2.05, 4.69) is 17.0 Å². The summed E-state index contributed by atoms with van der Waals surface area (Å²) in [4.78, 5) is 24.0. The minimum absolute atomic E-state index is 0.294. The summed E-state index contributed by atoms with van der Waals surface area (Å²) >= 11 is 0. The lowest BCUT2D eigenvalue weighted by Crippen LogP contribution is -2.38. The molecule has 0 aliphatic carbocycles. The van der Waals surface area contributed by atoms with Gasteiger partial charge in [-0.25, -0.2) is 4.79 Å². The smallest absolute Gasteiger partial charge is 0.347 e. The van der Waals surface area contributed by atoms with Crippen LogP contribution >= 0.6 is 0 Å². The van der Waals surface area contributed by atoms with E-state index in [9.17, 15) is 14.7 Å². The molecule has 3 aromatic rings. The molecule has 2 aromatic carbocycles. The second-order valence-corrected chi connectivity index (χ2v) is 8.36. The summed E-state index contributed by atoms with van der Waals surface area (Å²) in [6.45, 7) is 9.18. The van der Waals surface area contributed by atoms with Gasteiger partial charge in [0.2, 0.25) is 0 Å². The number of nitrogens with zero attached hydrogens (tertiary/aromatic N) is 2. The van der Waals surface area contributed by atoms with E-state index in [-0.39, 0.29) is 5.91 Å². The molecule has 178 valence electrons. The molecule has 2 N–H and O–H groups in total. The van der Waals surface area contributed by atoms with Crippen molar-refractivity contribution < 1.29 is 24.2 Å². The topological polar surface area (TPSA) is 103 Å². The van der Waals surface area contributed by atoms with Gasteiger partial charge in [0.15, 0.2) is 11.3 Å². The zero-order valence-corrected chi connectivity index (χ0v) is 19.8. The van der Waals surface area contributed by atoms with Crippen molar-refractivity contribution in [1.82, 2.24) is 15.1 Å². The van der Waals surface area contributed by atoms with Crippen molar-refractivity contribution in [2.24, 2.45) is 7.05 Å². The van der Waals surface area contributed by atoms with Gasteiger partial charge in [0, 0.05) is 19.2 Å². The van der Waals surface area contributed by atoms with Crippen LogP contribution in [0.4, 0.5) is 0 Å². The minimum Gasteiger partial charge on any atom is -0.490 e. The Morgan fingerprint density at radius 3 is 2.50 bits per heavy atom. The number of carboxylic acids is 1. The first-order valence-corrected chi connectivity index (χ1v) is 10.8. The fraction of sp³-hybridized carbons (Fsp3) is 0.269. The van der Waals surface area contributed by atoms with Crippen molar-refractivity contribution >= 4 is 11.9 Å². The highest BCUT2D eigenvalue weighted by Gasteiger charge is 2.29. The number of carboxylic acid groups (broad SMARTS) is 1. The van der Waals surface area contributed by atoms with Crippen LogP contribution in [0.15, 0.2) is 61.2 Å². The fourth-order valence-electron chi connectivity index (χ4n) is 3.25. The molecule has 0 unspecified atom stereocenters. The Balaban J connectivity index is 1.65. The van der Waals surface area contributed by atoms with Gasteiger partial charge in [-0.05, 0) is 68.3 Å². The number of hydrogen-bond acceptors (Lipinski definition) is 5. The molecule has 1 aromatic heterocycles. The number of hydrogen-bond donors (Lipinski definition) is 2. The molecular formula is C26H29N3O5. The molecular weight excluding hydrogens is 434 g/mol. The summed E-state index contributed by atoms with van der Waals surface area (Å²) < 4.78 is 12.8. The lowest BCUT2D eigenvalue weighted by Gasteiger charge is -2.23. The molecule has 0 bridgehead atoms. The molecule has 0 fully saturated rings. The van der Waals surface area contributed by atoms with Crippen LogP contribution in [0.5, 0.6) is 11.5 Å². The number of ether oxygens (including phenoxy) is 2. The van der Waals surface area contributed by atoms with Crippen molar-refractivity contribution in [3.8, 4) is 22.8 Å². The van der Waals surface area contributed by atoms with E-state index >= 15 is 0 Å². The van der Waals surface area contributed by atoms with Crippen LogP contribution in [-0.2, 0) is 18.4 Å². The van der Waals surface area contributed by atoms with E-state index in [1.54, 1.807) is 36.0 Å². The molecule has 3 rings (SSSR count). The normalized spacial score (nSPS) is 11.1. The largest absolute Gasteiger partial charge is 0.490 e. The average molecular weight is 464 g/mol. The Morgan fingerprint density at radius 2 is 1.88 bits per heavy atom. The van der Waals surface area contributed by atoms with Crippen LogP contribution in [0.1, 0.15) is 35.5 Å². The van der Waals surface area contributed by atoms with Crippen molar-refractivity contribution in [3.05, 3.63) is 78.0 Å². The monoisotopic (exact) mass is 463 g/mol. The number of nitrogens with one attached hydrogen (secondary N) is 1. The zero-order chi connectivity index (χ0) is 24.9. The number of aromatic nitrogens is 2. The van der Waals surface area contributed by atoms with Crippen molar-refractivity contribution in [2.75, 3.05) is 6.61 Å². The summed E-state index contributed by atoms with van der Waals surface area (Å²) in [5, 5.41) is 16.5. The van der Waals surface area contributed by atoms with E-state index in [0.29, 0.717) is 24.6 Å². The van der Waals surface area contributed by atoms with Gasteiger partial charge in [0.1, 0.15) is 18.1 Å². The van der Waals surface area contributed by atoms with Crippen LogP contribution < -0.4 is 14.8 Å². The summed E-state index contributed by atoms with van der Waals surface area (Å²) in [7, 11) is 1.79. The van der Waals surface area contributed by atoms with E-state index in [1.807, 2.05) is 37.3 Å². The van der Waals surface area contributed by atoms with Crippen LogP contribution in [0.3, 0.4) is 0 Å². The maximum atomic E-state index is 12.7. The Labute approximate surface area is 198 Å². The highest BCUT2D eigenvalue weighted by molar-refractivity contribution is 5.93. The summed E-state index contributed by atoms with van der Waals surface area (Å²) in [6.07, 6.45) is 1.68. The van der Waals surface area contributed by atoms with E-state index in [1.165, 1.54) is 13.8 Å². The molecule has 0 radical (unpaired) electrons. The molecule has 0 aliphatic rings. The fourth-order valence-corrected chi connectivity index (χ4v) is 3.25. The maximum absolute atomic E-state index is 12.7. The van der Waals surface area contributed by atoms with E-state index < -0.39 is 11.6 Å². The molecule has 0 spiro atoms. The van der Waals surface area contributed by atoms with Crippen LogP contribution in [0.25, 0.3) is 11.3 Å². The number of carbonyl (C=O) groups is 2. The van der Waals surface area contributed by atoms with Gasteiger partial charge in [-0.2, -0.15) is 5.10 Å². The first-order chi connectivity index (χ1) is 16.1. The SMILES string of the molecule is C=CCOc1ccc(-c2cc(C(=O)NCc3ccc(OC(C)(C)C(=O)O)c(C)c3)nn2C)cc1. The maximum Gasteiger partial charge on any atom is 0.347 e. The molecule has 0 saturated carbocycles. The van der Waals surface area contributed by atoms with Crippen LogP contribution in [0, 0.1) is 6.92 Å². The number of aliphatic carboxylic acids is 1. The molecule has 34 heavy (non-hydrogen) atoms. The Hall–Kier alpha value is -4.07. The molecule has 8 heteroatoms. The van der Waals surface area contributed by atoms with Crippen LogP contribution in [-0.4, -0.2) is 39.0 Å². The lowest BCUT2D eigenvalue weighted by molar-refractivity contribution is -0.152. The van der Waals surface area contributed by atoms with Crippen molar-refractivity contribution in [2.45, 2.75) is 32.9 Å². The summed E-state index contributed by atoms with van der Waals surface area (Å²) in [6, 6.07) is 14.6. The number of rotatable bonds is 10. The molecule has 0 saturated heterocycles. The second kappa shape index (κ2) is 10.2. The Kier molecular flexibility index (Phi) is 7.40. The average Bonchev–Trinajstić information content (AvgIpc) is 3.19. The van der Waals surface area contributed by atoms with Gasteiger partial charge in [-0.3, -0.25) is 9.48 Å².